The molecule has 172 valence electrons. The van der Waals surface area contributed by atoms with Crippen molar-refractivity contribution < 1.29 is 39.8 Å². The Balaban J connectivity index is 2.76. The highest BCUT2D eigenvalue weighted by Gasteiger charge is 2.30. The molecule has 0 bridgehead atoms. The number of aliphatic hydroxyl groups excluding tert-OH is 5. The maximum Gasteiger partial charge on any atom is 0.251 e. The Morgan fingerprint density at radius 2 is 1.50 bits per heavy atom. The van der Waals surface area contributed by atoms with E-state index in [2.05, 4.69) is 12.2 Å². The Bertz CT molecular complexity index is 627. The predicted octanol–water partition coefficient (Wildman–Crippen LogP) is 0.210. The van der Waals surface area contributed by atoms with Crippen LogP contribution in [0.3, 0.4) is 0 Å². The van der Waals surface area contributed by atoms with Crippen molar-refractivity contribution in [2.45, 2.75) is 63.9 Å². The van der Waals surface area contributed by atoms with E-state index in [1.807, 2.05) is 6.92 Å². The smallest absolute Gasteiger partial charge is 0.251 e. The Hall–Kier alpha value is -1.91. The van der Waals surface area contributed by atoms with Gasteiger partial charge in [0.15, 0.2) is 11.5 Å². The van der Waals surface area contributed by atoms with Crippen molar-refractivity contribution in [3.63, 3.8) is 0 Å². The van der Waals surface area contributed by atoms with Gasteiger partial charge in [0, 0.05) is 12.1 Å². The van der Waals surface area contributed by atoms with E-state index in [0.717, 1.165) is 25.7 Å². The molecule has 1 rings (SSSR count). The minimum atomic E-state index is -1.75. The quantitative estimate of drug-likeness (QED) is 0.217. The molecule has 0 aliphatic carbocycles. The van der Waals surface area contributed by atoms with Gasteiger partial charge in [0.2, 0.25) is 0 Å². The predicted molar refractivity (Wildman–Crippen MR) is 111 cm³/mol. The molecule has 0 fully saturated rings. The molecule has 0 radical (unpaired) electrons. The molecule has 1 amide bonds. The maximum atomic E-state index is 12.4. The molecule has 0 aromatic heterocycles. The van der Waals surface area contributed by atoms with Gasteiger partial charge in [-0.05, 0) is 31.0 Å². The highest BCUT2D eigenvalue weighted by atomic mass is 16.5. The number of aliphatic hydroxyl groups is 5. The molecule has 4 atom stereocenters. The Labute approximate surface area is 177 Å². The van der Waals surface area contributed by atoms with Gasteiger partial charge in [-0.1, -0.05) is 26.7 Å². The summed E-state index contributed by atoms with van der Waals surface area (Å²) in [5.74, 6) is 0.487. The number of ether oxygens (including phenoxy) is 2. The van der Waals surface area contributed by atoms with Crippen molar-refractivity contribution in [1.29, 1.82) is 0 Å². The monoisotopic (exact) mass is 429 g/mol. The molecule has 6 N–H and O–H groups in total. The molecule has 9 nitrogen and oxygen atoms in total. The van der Waals surface area contributed by atoms with Crippen molar-refractivity contribution in [1.82, 2.24) is 5.32 Å². The van der Waals surface area contributed by atoms with Crippen LogP contribution in [0.1, 0.15) is 49.9 Å². The largest absolute Gasteiger partial charge is 0.490 e. The summed E-state index contributed by atoms with van der Waals surface area (Å²) in [4.78, 5) is 12.4. The first kappa shape index (κ1) is 26.1. The summed E-state index contributed by atoms with van der Waals surface area (Å²) in [6, 6.07) is 4.77. The van der Waals surface area contributed by atoms with Crippen LogP contribution in [0.2, 0.25) is 0 Å². The lowest BCUT2D eigenvalue weighted by atomic mass is 10.0. The molecule has 0 unspecified atom stereocenters. The van der Waals surface area contributed by atoms with Gasteiger partial charge < -0.3 is 40.3 Å². The fourth-order valence-electron chi connectivity index (χ4n) is 2.52. The first-order valence-electron chi connectivity index (χ1n) is 10.4. The second-order valence-electron chi connectivity index (χ2n) is 7.07. The first-order chi connectivity index (χ1) is 14.3. The number of hydrogen-bond donors (Lipinski definition) is 6. The number of unbranched alkanes of at least 4 members (excludes halogenated alkanes) is 2. The summed E-state index contributed by atoms with van der Waals surface area (Å²) in [7, 11) is 0. The van der Waals surface area contributed by atoms with E-state index in [9.17, 15) is 25.2 Å². The number of benzene rings is 1. The lowest BCUT2D eigenvalue weighted by Crippen LogP contribution is -2.49. The average molecular weight is 430 g/mol. The second kappa shape index (κ2) is 14.2. The van der Waals surface area contributed by atoms with E-state index in [1.54, 1.807) is 18.2 Å². The topological polar surface area (TPSA) is 149 Å². The third kappa shape index (κ3) is 8.45. The third-order valence-corrected chi connectivity index (χ3v) is 4.51. The first-order valence-corrected chi connectivity index (χ1v) is 10.4. The Kier molecular flexibility index (Phi) is 12.3. The van der Waals surface area contributed by atoms with Gasteiger partial charge in [0.25, 0.3) is 5.91 Å². The molecule has 0 aliphatic heterocycles. The van der Waals surface area contributed by atoms with Crippen LogP contribution in [0.4, 0.5) is 0 Å². The van der Waals surface area contributed by atoms with Gasteiger partial charge in [0.05, 0.1) is 25.9 Å². The summed E-state index contributed by atoms with van der Waals surface area (Å²) in [6.45, 7) is 3.99. The fourth-order valence-corrected chi connectivity index (χ4v) is 2.52. The number of nitrogens with one attached hydrogen (secondary N) is 1. The highest BCUT2D eigenvalue weighted by Crippen LogP contribution is 2.29. The number of carbonyl (C=O) groups excluding carboxylic acids is 1. The Morgan fingerprint density at radius 1 is 0.933 bits per heavy atom. The number of rotatable bonds is 15. The second-order valence-corrected chi connectivity index (χ2v) is 7.07. The molecular weight excluding hydrogens is 394 g/mol. The van der Waals surface area contributed by atoms with Crippen molar-refractivity contribution in [3.05, 3.63) is 23.8 Å². The molecule has 0 heterocycles. The molecule has 1 aromatic rings. The number of hydrogen-bond acceptors (Lipinski definition) is 8. The summed E-state index contributed by atoms with van der Waals surface area (Å²) >= 11 is 0. The van der Waals surface area contributed by atoms with E-state index >= 15 is 0 Å². The van der Waals surface area contributed by atoms with Crippen molar-refractivity contribution >= 4 is 5.91 Å². The highest BCUT2D eigenvalue weighted by molar-refractivity contribution is 5.94. The molecule has 0 saturated heterocycles. The molecule has 30 heavy (non-hydrogen) atoms. The van der Waals surface area contributed by atoms with E-state index in [-0.39, 0.29) is 12.1 Å². The standard InChI is InChI=1S/C21H35NO8/c1-3-5-9-29-17-8-7-14(11-18(17)30-10-6-4-2)21(28)22-12-15(24)19(26)20(27)16(25)13-23/h7-8,11,15-16,19-20,23-27H,3-6,9-10,12-13H2,1-2H3,(H,22,28)/t15-,16-,19+,20+/m0/s1. The minimum absolute atomic E-state index is 0.280. The lowest BCUT2D eigenvalue weighted by molar-refractivity contribution is -0.113. The van der Waals surface area contributed by atoms with Crippen LogP contribution in [0.25, 0.3) is 0 Å². The van der Waals surface area contributed by atoms with Crippen molar-refractivity contribution in [2.24, 2.45) is 0 Å². The molecule has 0 aliphatic rings. The zero-order chi connectivity index (χ0) is 22.5. The van der Waals surface area contributed by atoms with E-state index in [4.69, 9.17) is 14.6 Å². The van der Waals surface area contributed by atoms with Crippen molar-refractivity contribution in [3.8, 4) is 11.5 Å². The van der Waals surface area contributed by atoms with E-state index < -0.39 is 36.9 Å². The van der Waals surface area contributed by atoms with Crippen LogP contribution in [-0.4, -0.2) is 82.2 Å². The Morgan fingerprint density at radius 3 is 2.07 bits per heavy atom. The van der Waals surface area contributed by atoms with Gasteiger partial charge in [-0.2, -0.15) is 0 Å². The normalized spacial score (nSPS) is 15.2. The average Bonchev–Trinajstić information content (AvgIpc) is 2.76. The van der Waals surface area contributed by atoms with Gasteiger partial charge in [-0.15, -0.1) is 0 Å². The summed E-state index contributed by atoms with van der Waals surface area (Å²) in [5.41, 5.74) is 0.280. The van der Waals surface area contributed by atoms with Gasteiger partial charge in [-0.25, -0.2) is 0 Å². The van der Waals surface area contributed by atoms with E-state index in [1.165, 1.54) is 0 Å². The number of carbonyl (C=O) groups is 1. The van der Waals surface area contributed by atoms with Crippen LogP contribution in [-0.2, 0) is 0 Å². The van der Waals surface area contributed by atoms with Crippen LogP contribution < -0.4 is 14.8 Å². The molecule has 0 saturated carbocycles. The fraction of sp³-hybridized carbons (Fsp3) is 0.667. The molecule has 0 spiro atoms. The van der Waals surface area contributed by atoms with Crippen LogP contribution in [0.5, 0.6) is 11.5 Å². The maximum absolute atomic E-state index is 12.4. The SMILES string of the molecule is CCCCOc1ccc(C(=O)NC[C@H](O)[C@@H](O)[C@H](O)[C@@H](O)CO)cc1OCCCC. The van der Waals surface area contributed by atoms with Gasteiger partial charge in [0.1, 0.15) is 18.3 Å². The number of amides is 1. The minimum Gasteiger partial charge on any atom is -0.490 e. The van der Waals surface area contributed by atoms with Crippen LogP contribution >= 0.6 is 0 Å². The van der Waals surface area contributed by atoms with Crippen molar-refractivity contribution in [2.75, 3.05) is 26.4 Å². The summed E-state index contributed by atoms with van der Waals surface area (Å²) in [6.07, 6.45) is -2.93. The molecule has 9 heteroatoms. The molecule has 1 aromatic carbocycles. The van der Waals surface area contributed by atoms with Gasteiger partial charge >= 0.3 is 0 Å². The lowest BCUT2D eigenvalue weighted by Gasteiger charge is -2.25. The van der Waals surface area contributed by atoms with Gasteiger partial charge in [-0.3, -0.25) is 4.79 Å². The third-order valence-electron chi connectivity index (χ3n) is 4.51. The summed E-state index contributed by atoms with van der Waals surface area (Å²) < 4.78 is 11.5. The zero-order valence-electron chi connectivity index (χ0n) is 17.7. The van der Waals surface area contributed by atoms with Crippen LogP contribution in [0.15, 0.2) is 18.2 Å². The van der Waals surface area contributed by atoms with Crippen LogP contribution in [0, 0.1) is 0 Å². The van der Waals surface area contributed by atoms with E-state index in [0.29, 0.717) is 24.7 Å². The zero-order valence-corrected chi connectivity index (χ0v) is 17.7. The summed E-state index contributed by atoms with van der Waals surface area (Å²) in [5, 5.41) is 50.0. The molecular formula is C21H35NO8.